The van der Waals surface area contributed by atoms with Gasteiger partial charge in [0, 0.05) is 61.5 Å². The van der Waals surface area contributed by atoms with Crippen molar-refractivity contribution in [1.82, 2.24) is 29.9 Å². The lowest BCUT2D eigenvalue weighted by atomic mass is 9.98. The standard InChI is InChI=1S/C24H28N6O2/c31-24(30-14-4-3-6-19(30)11-15-29-13-5-12-26-29)10-9-22-27-28-23(32-22)16-18-17-25-21-8-2-1-7-20(18)21/h1-2,5,7-8,12-13,17,19,25H,3-4,6,9-11,14-16H2. The van der Waals surface area contributed by atoms with Gasteiger partial charge >= 0.3 is 0 Å². The van der Waals surface area contributed by atoms with Gasteiger partial charge in [-0.3, -0.25) is 9.48 Å². The van der Waals surface area contributed by atoms with E-state index in [2.05, 4.69) is 31.2 Å². The number of rotatable bonds is 8. The van der Waals surface area contributed by atoms with Crippen molar-refractivity contribution in [2.24, 2.45) is 0 Å². The van der Waals surface area contributed by atoms with Crippen LogP contribution in [0.15, 0.2) is 53.3 Å². The van der Waals surface area contributed by atoms with Gasteiger partial charge in [0.05, 0.1) is 6.42 Å². The van der Waals surface area contributed by atoms with Crippen molar-refractivity contribution < 1.29 is 9.21 Å². The molecule has 0 spiro atoms. The fourth-order valence-electron chi connectivity index (χ4n) is 4.60. The summed E-state index contributed by atoms with van der Waals surface area (Å²) >= 11 is 0. The molecule has 1 unspecified atom stereocenters. The summed E-state index contributed by atoms with van der Waals surface area (Å²) in [6.45, 7) is 1.67. The number of amides is 1. The van der Waals surface area contributed by atoms with Crippen LogP contribution >= 0.6 is 0 Å². The van der Waals surface area contributed by atoms with Gasteiger partial charge in [-0.25, -0.2) is 0 Å². The molecule has 1 N–H and O–H groups in total. The molecule has 1 amide bonds. The second-order valence-corrected chi connectivity index (χ2v) is 8.42. The molecular formula is C24H28N6O2. The van der Waals surface area contributed by atoms with Gasteiger partial charge in [0.25, 0.3) is 0 Å². The quantitative estimate of drug-likeness (QED) is 0.458. The van der Waals surface area contributed by atoms with E-state index in [1.165, 1.54) is 6.42 Å². The molecule has 1 saturated heterocycles. The topological polar surface area (TPSA) is 92.8 Å². The summed E-state index contributed by atoms with van der Waals surface area (Å²) in [4.78, 5) is 18.3. The fourth-order valence-corrected chi connectivity index (χ4v) is 4.60. The van der Waals surface area contributed by atoms with Crippen LogP contribution in [0, 0.1) is 0 Å². The van der Waals surface area contributed by atoms with E-state index in [9.17, 15) is 4.79 Å². The Morgan fingerprint density at radius 3 is 2.97 bits per heavy atom. The molecule has 0 radical (unpaired) electrons. The first-order valence-electron chi connectivity index (χ1n) is 11.4. The number of aromatic nitrogens is 5. The van der Waals surface area contributed by atoms with E-state index in [0.29, 0.717) is 31.0 Å². The van der Waals surface area contributed by atoms with Gasteiger partial charge in [-0.1, -0.05) is 18.2 Å². The van der Waals surface area contributed by atoms with Gasteiger partial charge in [0.15, 0.2) is 0 Å². The average molecular weight is 433 g/mol. The number of nitrogens with zero attached hydrogens (tertiary/aromatic N) is 5. The van der Waals surface area contributed by atoms with Gasteiger partial charge in [-0.05, 0) is 43.4 Å². The van der Waals surface area contributed by atoms with Crippen LogP contribution < -0.4 is 0 Å². The first-order valence-corrected chi connectivity index (χ1v) is 11.4. The predicted molar refractivity (Wildman–Crippen MR) is 120 cm³/mol. The highest BCUT2D eigenvalue weighted by Crippen LogP contribution is 2.23. The Labute approximate surface area is 186 Å². The minimum Gasteiger partial charge on any atom is -0.425 e. The van der Waals surface area contributed by atoms with Crippen LogP contribution in [0.4, 0.5) is 0 Å². The zero-order valence-corrected chi connectivity index (χ0v) is 18.1. The molecule has 4 aromatic rings. The van der Waals surface area contributed by atoms with Crippen molar-refractivity contribution in [1.29, 1.82) is 0 Å². The Morgan fingerprint density at radius 2 is 2.06 bits per heavy atom. The Balaban J connectivity index is 1.16. The first kappa shape index (κ1) is 20.5. The molecule has 5 rings (SSSR count). The summed E-state index contributed by atoms with van der Waals surface area (Å²) in [5.74, 6) is 1.28. The number of hydrogen-bond acceptors (Lipinski definition) is 5. The largest absolute Gasteiger partial charge is 0.425 e. The Morgan fingerprint density at radius 1 is 1.16 bits per heavy atom. The smallest absolute Gasteiger partial charge is 0.223 e. The van der Waals surface area contributed by atoms with Crippen LogP contribution in [0.2, 0.25) is 0 Å². The van der Waals surface area contributed by atoms with E-state index in [4.69, 9.17) is 4.42 Å². The maximum absolute atomic E-state index is 13.0. The third-order valence-electron chi connectivity index (χ3n) is 6.28. The summed E-state index contributed by atoms with van der Waals surface area (Å²) in [6, 6.07) is 10.4. The number of piperidine rings is 1. The number of aryl methyl sites for hydroxylation is 2. The molecule has 0 bridgehead atoms. The van der Waals surface area contributed by atoms with Crippen molar-refractivity contribution in [3.05, 3.63) is 66.3 Å². The highest BCUT2D eigenvalue weighted by molar-refractivity contribution is 5.83. The molecule has 1 aliphatic rings. The van der Waals surface area contributed by atoms with Crippen molar-refractivity contribution in [2.75, 3.05) is 6.54 Å². The molecule has 1 fully saturated rings. The van der Waals surface area contributed by atoms with Crippen LogP contribution in [-0.2, 0) is 24.2 Å². The Bertz CT molecular complexity index is 1160. The van der Waals surface area contributed by atoms with Crippen molar-refractivity contribution in [3.8, 4) is 0 Å². The molecular weight excluding hydrogens is 404 g/mol. The molecule has 8 nitrogen and oxygen atoms in total. The van der Waals surface area contributed by atoms with E-state index in [1.807, 2.05) is 41.3 Å². The Kier molecular flexibility index (Phi) is 6.00. The third kappa shape index (κ3) is 4.59. The van der Waals surface area contributed by atoms with Gasteiger partial charge in [0.2, 0.25) is 17.7 Å². The molecule has 166 valence electrons. The van der Waals surface area contributed by atoms with E-state index in [0.717, 1.165) is 48.8 Å². The molecule has 1 aromatic carbocycles. The second kappa shape index (κ2) is 9.38. The minimum absolute atomic E-state index is 0.173. The number of carbonyl (C=O) groups is 1. The molecule has 4 heterocycles. The zero-order chi connectivity index (χ0) is 21.8. The molecule has 1 aliphatic heterocycles. The molecule has 8 heteroatoms. The highest BCUT2D eigenvalue weighted by atomic mass is 16.4. The number of hydrogen-bond donors (Lipinski definition) is 1. The maximum Gasteiger partial charge on any atom is 0.223 e. The van der Waals surface area contributed by atoms with Crippen LogP contribution in [0.25, 0.3) is 10.9 Å². The van der Waals surface area contributed by atoms with Gasteiger partial charge < -0.3 is 14.3 Å². The van der Waals surface area contributed by atoms with Crippen LogP contribution in [0.1, 0.15) is 49.4 Å². The van der Waals surface area contributed by atoms with E-state index >= 15 is 0 Å². The van der Waals surface area contributed by atoms with Gasteiger partial charge in [-0.15, -0.1) is 10.2 Å². The monoisotopic (exact) mass is 432 g/mol. The summed E-state index contributed by atoms with van der Waals surface area (Å²) in [6.07, 6.45) is 11.4. The van der Waals surface area contributed by atoms with Crippen LogP contribution in [0.3, 0.4) is 0 Å². The first-order chi connectivity index (χ1) is 15.8. The molecule has 0 aliphatic carbocycles. The minimum atomic E-state index is 0.173. The summed E-state index contributed by atoms with van der Waals surface area (Å²) < 4.78 is 7.78. The average Bonchev–Trinajstić information content (AvgIpc) is 3.59. The third-order valence-corrected chi connectivity index (χ3v) is 6.28. The number of fused-ring (bicyclic) bond motifs is 1. The van der Waals surface area contributed by atoms with Crippen molar-refractivity contribution >= 4 is 16.8 Å². The van der Waals surface area contributed by atoms with Crippen molar-refractivity contribution in [3.63, 3.8) is 0 Å². The summed E-state index contributed by atoms with van der Waals surface area (Å²) in [7, 11) is 0. The maximum atomic E-state index is 13.0. The molecule has 3 aromatic heterocycles. The number of para-hydroxylation sites is 1. The highest BCUT2D eigenvalue weighted by Gasteiger charge is 2.26. The lowest BCUT2D eigenvalue weighted by Crippen LogP contribution is -2.44. The van der Waals surface area contributed by atoms with E-state index < -0.39 is 0 Å². The summed E-state index contributed by atoms with van der Waals surface area (Å²) in [5.41, 5.74) is 2.22. The summed E-state index contributed by atoms with van der Waals surface area (Å²) in [5, 5.41) is 13.8. The lowest BCUT2D eigenvalue weighted by Gasteiger charge is -2.36. The van der Waals surface area contributed by atoms with E-state index in [1.54, 1.807) is 6.20 Å². The normalized spacial score (nSPS) is 16.6. The zero-order valence-electron chi connectivity index (χ0n) is 18.1. The SMILES string of the molecule is O=C(CCc1nnc(Cc2c[nH]c3ccccc23)o1)N1CCCCC1CCn1cccn1. The predicted octanol–water partition coefficient (Wildman–Crippen LogP) is 3.74. The molecule has 0 saturated carbocycles. The number of carbonyl (C=O) groups excluding carboxylic acids is 1. The fraction of sp³-hybridized carbons (Fsp3) is 0.417. The number of nitrogens with one attached hydrogen (secondary N) is 1. The van der Waals surface area contributed by atoms with Crippen LogP contribution in [-0.4, -0.2) is 48.4 Å². The number of aromatic amines is 1. The van der Waals surface area contributed by atoms with Crippen molar-refractivity contribution in [2.45, 2.75) is 57.5 Å². The van der Waals surface area contributed by atoms with E-state index in [-0.39, 0.29) is 11.9 Å². The Hall–Kier alpha value is -3.42. The lowest BCUT2D eigenvalue weighted by molar-refractivity contribution is -0.135. The van der Waals surface area contributed by atoms with Gasteiger partial charge in [0.1, 0.15) is 0 Å². The molecule has 32 heavy (non-hydrogen) atoms. The molecule has 1 atom stereocenters. The number of H-pyrrole nitrogens is 1. The second-order valence-electron chi connectivity index (χ2n) is 8.42. The van der Waals surface area contributed by atoms with Gasteiger partial charge in [-0.2, -0.15) is 5.10 Å². The number of likely N-dealkylation sites (tertiary alicyclic amines) is 1. The van der Waals surface area contributed by atoms with Crippen LogP contribution in [0.5, 0.6) is 0 Å². The number of benzene rings is 1.